The normalized spacial score (nSPS) is 36.1. The number of aliphatic hydroxyl groups excluding tert-OH is 1. The highest BCUT2D eigenvalue weighted by atomic mass is 16.5. The summed E-state index contributed by atoms with van der Waals surface area (Å²) in [6, 6.07) is 0. The van der Waals surface area contributed by atoms with Crippen molar-refractivity contribution in [2.75, 3.05) is 0 Å². The molecule has 0 aliphatic heterocycles. The summed E-state index contributed by atoms with van der Waals surface area (Å²) >= 11 is 0. The molecule has 2 saturated carbocycles. The van der Waals surface area contributed by atoms with Crippen LogP contribution < -0.4 is 0 Å². The predicted molar refractivity (Wildman–Crippen MR) is 88.3 cm³/mol. The van der Waals surface area contributed by atoms with Crippen LogP contribution in [0.25, 0.3) is 0 Å². The molecule has 2 fully saturated rings. The van der Waals surface area contributed by atoms with E-state index in [1.54, 1.807) is 6.92 Å². The molecular weight excluding hydrogens is 276 g/mol. The minimum atomic E-state index is -0.245. The standard InChI is InChI=1S/C19H32O3/c1-12(2)17-10-9-16(22-19(21)13(3)4)11-18(17)14-5-7-15(20)8-6-14/h12,14-18,20H,3,5-11H2,1-2,4H3. The van der Waals surface area contributed by atoms with Crippen molar-refractivity contribution in [3.63, 3.8) is 0 Å². The van der Waals surface area contributed by atoms with Gasteiger partial charge in [0, 0.05) is 5.57 Å². The third-order valence-corrected chi connectivity index (χ3v) is 5.73. The molecule has 0 aromatic rings. The highest BCUT2D eigenvalue weighted by Gasteiger charge is 2.39. The average Bonchev–Trinajstić information content (AvgIpc) is 2.47. The molecule has 0 amide bonds. The van der Waals surface area contributed by atoms with Gasteiger partial charge in [0.1, 0.15) is 6.10 Å². The van der Waals surface area contributed by atoms with Gasteiger partial charge in [-0.05, 0) is 75.5 Å². The summed E-state index contributed by atoms with van der Waals surface area (Å²) in [6.07, 6.45) is 7.17. The van der Waals surface area contributed by atoms with Crippen molar-refractivity contribution in [1.29, 1.82) is 0 Å². The van der Waals surface area contributed by atoms with Gasteiger partial charge in [-0.2, -0.15) is 0 Å². The van der Waals surface area contributed by atoms with E-state index in [0.29, 0.717) is 23.3 Å². The van der Waals surface area contributed by atoms with Crippen LogP contribution in [0, 0.1) is 23.7 Å². The van der Waals surface area contributed by atoms with Crippen LogP contribution >= 0.6 is 0 Å². The molecule has 0 saturated heterocycles. The Morgan fingerprint density at radius 1 is 1.14 bits per heavy atom. The molecule has 0 heterocycles. The third-order valence-electron chi connectivity index (χ3n) is 5.73. The lowest BCUT2D eigenvalue weighted by atomic mass is 9.64. The Morgan fingerprint density at radius 2 is 1.77 bits per heavy atom. The summed E-state index contributed by atoms with van der Waals surface area (Å²) in [4.78, 5) is 11.8. The highest BCUT2D eigenvalue weighted by molar-refractivity contribution is 5.87. The van der Waals surface area contributed by atoms with Gasteiger partial charge in [-0.3, -0.25) is 0 Å². The summed E-state index contributed by atoms with van der Waals surface area (Å²) in [7, 11) is 0. The highest BCUT2D eigenvalue weighted by Crippen LogP contribution is 2.45. The van der Waals surface area contributed by atoms with Crippen LogP contribution in [0.3, 0.4) is 0 Å². The van der Waals surface area contributed by atoms with Crippen LogP contribution in [0.15, 0.2) is 12.2 Å². The second-order valence-corrected chi connectivity index (χ2v) is 7.76. The van der Waals surface area contributed by atoms with Gasteiger partial charge < -0.3 is 9.84 Å². The molecule has 2 aliphatic rings. The fraction of sp³-hybridized carbons (Fsp3) is 0.842. The van der Waals surface area contributed by atoms with Gasteiger partial charge in [0.25, 0.3) is 0 Å². The zero-order valence-electron chi connectivity index (χ0n) is 14.4. The van der Waals surface area contributed by atoms with E-state index < -0.39 is 0 Å². The summed E-state index contributed by atoms with van der Waals surface area (Å²) in [5, 5.41) is 9.75. The van der Waals surface area contributed by atoms with Gasteiger partial charge in [0.15, 0.2) is 0 Å². The Bertz CT molecular complexity index is 393. The molecule has 0 aromatic heterocycles. The van der Waals surface area contributed by atoms with Crippen LogP contribution in [0.2, 0.25) is 0 Å². The first-order valence-electron chi connectivity index (χ1n) is 8.93. The Balaban J connectivity index is 2.01. The first-order chi connectivity index (χ1) is 10.4. The Kier molecular flexibility index (Phi) is 6.08. The number of esters is 1. The number of hydrogen-bond donors (Lipinski definition) is 1. The first kappa shape index (κ1) is 17.5. The van der Waals surface area contributed by atoms with Gasteiger partial charge >= 0.3 is 5.97 Å². The van der Waals surface area contributed by atoms with Crippen LogP contribution in [0.4, 0.5) is 0 Å². The fourth-order valence-corrected chi connectivity index (χ4v) is 4.45. The molecule has 0 aromatic carbocycles. The summed E-state index contributed by atoms with van der Waals surface area (Å²) in [5.74, 6) is 2.46. The minimum absolute atomic E-state index is 0.0519. The Labute approximate surface area is 135 Å². The molecular formula is C19H32O3. The third kappa shape index (κ3) is 4.34. The lowest BCUT2D eigenvalue weighted by molar-refractivity contribution is -0.148. The zero-order chi connectivity index (χ0) is 16.3. The van der Waals surface area contributed by atoms with Crippen LogP contribution in [0.1, 0.15) is 65.7 Å². The molecule has 3 heteroatoms. The lowest BCUT2D eigenvalue weighted by Crippen LogP contribution is -2.39. The van der Waals surface area contributed by atoms with E-state index in [1.807, 2.05) is 0 Å². The molecule has 1 N–H and O–H groups in total. The number of rotatable bonds is 4. The van der Waals surface area contributed by atoms with Crippen LogP contribution in [-0.2, 0) is 9.53 Å². The van der Waals surface area contributed by atoms with E-state index in [-0.39, 0.29) is 18.2 Å². The number of ether oxygens (including phenoxy) is 1. The van der Waals surface area contributed by atoms with Crippen molar-refractivity contribution < 1.29 is 14.6 Å². The Hall–Kier alpha value is -0.830. The van der Waals surface area contributed by atoms with Crippen molar-refractivity contribution in [3.8, 4) is 0 Å². The van der Waals surface area contributed by atoms with Crippen molar-refractivity contribution in [2.45, 2.75) is 77.9 Å². The van der Waals surface area contributed by atoms with Gasteiger partial charge in [0.05, 0.1) is 6.10 Å². The molecule has 22 heavy (non-hydrogen) atoms. The van der Waals surface area contributed by atoms with Crippen LogP contribution in [0.5, 0.6) is 0 Å². The van der Waals surface area contributed by atoms with Gasteiger partial charge in [-0.1, -0.05) is 20.4 Å². The van der Waals surface area contributed by atoms with Crippen molar-refractivity contribution >= 4 is 5.97 Å². The van der Waals surface area contributed by atoms with E-state index in [1.165, 1.54) is 0 Å². The summed E-state index contributed by atoms with van der Waals surface area (Å²) < 4.78 is 5.64. The molecule has 0 bridgehead atoms. The second kappa shape index (κ2) is 7.63. The Morgan fingerprint density at radius 3 is 2.32 bits per heavy atom. The number of carbonyl (C=O) groups is 1. The van der Waals surface area contributed by atoms with Gasteiger partial charge in [0.2, 0.25) is 0 Å². The summed E-state index contributed by atoms with van der Waals surface area (Å²) in [6.45, 7) is 10.0. The van der Waals surface area contributed by atoms with E-state index in [0.717, 1.165) is 50.9 Å². The molecule has 0 spiro atoms. The molecule has 3 nitrogen and oxygen atoms in total. The maximum Gasteiger partial charge on any atom is 0.333 e. The second-order valence-electron chi connectivity index (χ2n) is 7.76. The largest absolute Gasteiger partial charge is 0.459 e. The van der Waals surface area contributed by atoms with Crippen molar-refractivity contribution in [1.82, 2.24) is 0 Å². The average molecular weight is 308 g/mol. The zero-order valence-corrected chi connectivity index (χ0v) is 14.4. The summed E-state index contributed by atoms with van der Waals surface area (Å²) in [5.41, 5.74) is 0.489. The minimum Gasteiger partial charge on any atom is -0.459 e. The number of aliphatic hydroxyl groups is 1. The topological polar surface area (TPSA) is 46.5 Å². The van der Waals surface area contributed by atoms with Gasteiger partial charge in [-0.15, -0.1) is 0 Å². The maximum atomic E-state index is 11.8. The molecule has 0 radical (unpaired) electrons. The first-order valence-corrected chi connectivity index (χ1v) is 8.93. The van der Waals surface area contributed by atoms with Crippen molar-refractivity contribution in [3.05, 3.63) is 12.2 Å². The van der Waals surface area contributed by atoms with E-state index in [2.05, 4.69) is 20.4 Å². The fourth-order valence-electron chi connectivity index (χ4n) is 4.45. The molecule has 3 unspecified atom stereocenters. The van der Waals surface area contributed by atoms with E-state index in [4.69, 9.17) is 4.74 Å². The number of carbonyl (C=O) groups excluding carboxylic acids is 1. The SMILES string of the molecule is C=C(C)C(=O)OC1CCC(C(C)C)C(C2CCC(O)CC2)C1. The van der Waals surface area contributed by atoms with Crippen molar-refractivity contribution in [2.24, 2.45) is 23.7 Å². The lowest BCUT2D eigenvalue weighted by Gasteiger charge is -2.44. The maximum absolute atomic E-state index is 11.8. The smallest absolute Gasteiger partial charge is 0.333 e. The van der Waals surface area contributed by atoms with E-state index in [9.17, 15) is 9.90 Å². The monoisotopic (exact) mass is 308 g/mol. The molecule has 126 valence electrons. The number of hydrogen-bond acceptors (Lipinski definition) is 3. The van der Waals surface area contributed by atoms with Crippen LogP contribution in [-0.4, -0.2) is 23.3 Å². The molecule has 3 atom stereocenters. The molecule has 2 aliphatic carbocycles. The molecule has 2 rings (SSSR count). The van der Waals surface area contributed by atoms with Gasteiger partial charge in [-0.25, -0.2) is 4.79 Å². The predicted octanol–water partition coefficient (Wildman–Crippen LogP) is 4.10. The quantitative estimate of drug-likeness (QED) is 0.628. The van der Waals surface area contributed by atoms with E-state index >= 15 is 0 Å².